The molecular formula is C4H12O3Si2-2. The molecule has 0 aromatic heterocycles. The molecule has 0 saturated carbocycles. The first kappa shape index (κ1) is 9.31. The van der Waals surface area contributed by atoms with Gasteiger partial charge in [0.05, 0.1) is 17.1 Å². The number of hydrogen-bond donors (Lipinski definition) is 0. The van der Waals surface area contributed by atoms with Crippen LogP contribution in [-0.2, 0) is 4.12 Å². The van der Waals surface area contributed by atoms with Crippen molar-refractivity contribution < 1.29 is 13.7 Å². The van der Waals surface area contributed by atoms with Crippen LogP contribution in [0.5, 0.6) is 0 Å². The van der Waals surface area contributed by atoms with Crippen molar-refractivity contribution in [2.75, 3.05) is 0 Å². The Morgan fingerprint density at radius 1 is 0.889 bits per heavy atom. The molecule has 0 N–H and O–H groups in total. The summed E-state index contributed by atoms with van der Waals surface area (Å²) in [6, 6.07) is 0. The van der Waals surface area contributed by atoms with Gasteiger partial charge in [0.1, 0.15) is 0 Å². The lowest BCUT2D eigenvalue weighted by Crippen LogP contribution is -2.59. The van der Waals surface area contributed by atoms with Crippen molar-refractivity contribution in [2.24, 2.45) is 0 Å². The van der Waals surface area contributed by atoms with E-state index in [4.69, 9.17) is 4.12 Å². The summed E-state index contributed by atoms with van der Waals surface area (Å²) in [5, 5.41) is 0. The lowest BCUT2D eigenvalue weighted by Gasteiger charge is -2.43. The molecule has 0 radical (unpaired) electrons. The van der Waals surface area contributed by atoms with Gasteiger partial charge in [-0.1, -0.05) is 26.2 Å². The topological polar surface area (TPSA) is 55.3 Å². The zero-order valence-corrected chi connectivity index (χ0v) is 8.22. The average molecular weight is 164 g/mol. The molecule has 0 spiro atoms. The Kier molecular flexibility index (Phi) is 2.60. The van der Waals surface area contributed by atoms with Crippen molar-refractivity contribution >= 4 is 17.1 Å². The van der Waals surface area contributed by atoms with Crippen molar-refractivity contribution in [1.29, 1.82) is 0 Å². The largest absolute Gasteiger partial charge is 0.839 e. The molecule has 0 saturated heterocycles. The Balaban J connectivity index is 3.75. The summed E-state index contributed by atoms with van der Waals surface area (Å²) in [5.41, 5.74) is 0. The predicted octanol–water partition coefficient (Wildman–Crippen LogP) is -0.873. The standard InChI is InChI=1S/C4H12O3Si2/c1-8(2,5)7-9(3,4)6/h1-4H3/q-2. The van der Waals surface area contributed by atoms with E-state index < -0.39 is 17.1 Å². The number of hydrogen-bond acceptors (Lipinski definition) is 3. The summed E-state index contributed by atoms with van der Waals surface area (Å²) in [5.74, 6) is 0. The van der Waals surface area contributed by atoms with Crippen LogP contribution in [-0.4, -0.2) is 17.1 Å². The van der Waals surface area contributed by atoms with E-state index in [1.165, 1.54) is 26.2 Å². The lowest BCUT2D eigenvalue weighted by atomic mass is 11.9. The molecule has 0 fully saturated rings. The molecule has 0 aliphatic heterocycles. The maximum Gasteiger partial charge on any atom is 0.0750 e. The van der Waals surface area contributed by atoms with Crippen molar-refractivity contribution in [3.05, 3.63) is 0 Å². The van der Waals surface area contributed by atoms with Crippen LogP contribution < -0.4 is 9.59 Å². The zero-order chi connectivity index (χ0) is 7.71. The minimum absolute atomic E-state index is 1.49. The van der Waals surface area contributed by atoms with E-state index in [2.05, 4.69) is 0 Å². The predicted molar refractivity (Wildman–Crippen MR) is 36.0 cm³/mol. The summed E-state index contributed by atoms with van der Waals surface area (Å²) in [6.45, 7) is 5.94. The molecule has 0 aliphatic rings. The van der Waals surface area contributed by atoms with Crippen molar-refractivity contribution in [3.63, 3.8) is 0 Å². The Bertz CT molecular complexity index is 79.0. The normalized spacial score (nSPS) is 14.0. The first-order valence-electron chi connectivity index (χ1n) is 2.82. The van der Waals surface area contributed by atoms with Gasteiger partial charge in [-0.15, -0.1) is 0 Å². The monoisotopic (exact) mass is 164 g/mol. The van der Waals surface area contributed by atoms with Crippen LogP contribution in [0, 0.1) is 0 Å². The molecule has 0 aromatic rings. The Labute approximate surface area is 57.8 Å². The van der Waals surface area contributed by atoms with Crippen molar-refractivity contribution in [3.8, 4) is 0 Å². The second-order valence-corrected chi connectivity index (χ2v) is 9.32. The Hall–Kier alpha value is 0.314. The van der Waals surface area contributed by atoms with Crippen LogP contribution in [0.25, 0.3) is 0 Å². The van der Waals surface area contributed by atoms with Crippen molar-refractivity contribution in [1.82, 2.24) is 0 Å². The summed E-state index contributed by atoms with van der Waals surface area (Å²) >= 11 is 0. The van der Waals surface area contributed by atoms with Gasteiger partial charge >= 0.3 is 0 Å². The van der Waals surface area contributed by atoms with Gasteiger partial charge in [0.25, 0.3) is 0 Å². The minimum atomic E-state index is -2.79. The van der Waals surface area contributed by atoms with Crippen molar-refractivity contribution in [2.45, 2.75) is 26.2 Å². The van der Waals surface area contributed by atoms with Crippen LogP contribution in [0.2, 0.25) is 26.2 Å². The molecule has 0 bridgehead atoms. The Morgan fingerprint density at radius 3 is 1.11 bits per heavy atom. The fraction of sp³-hybridized carbons (Fsp3) is 1.00. The molecule has 0 rings (SSSR count). The highest BCUT2D eigenvalue weighted by molar-refractivity contribution is 6.75. The number of rotatable bonds is 2. The molecule has 0 atom stereocenters. The molecular weight excluding hydrogens is 152 g/mol. The van der Waals surface area contributed by atoms with E-state index in [1.54, 1.807) is 0 Å². The van der Waals surface area contributed by atoms with E-state index in [0.717, 1.165) is 0 Å². The third-order valence-electron chi connectivity index (χ3n) is 0.492. The highest BCUT2D eigenvalue weighted by Gasteiger charge is 2.11. The SMILES string of the molecule is C[Si](C)([O-])O[Si](C)(C)[O-]. The summed E-state index contributed by atoms with van der Waals surface area (Å²) < 4.78 is 4.79. The molecule has 0 aromatic carbocycles. The molecule has 0 heterocycles. The van der Waals surface area contributed by atoms with E-state index in [9.17, 15) is 9.59 Å². The third kappa shape index (κ3) is 8.31. The molecule has 5 heteroatoms. The van der Waals surface area contributed by atoms with E-state index >= 15 is 0 Å². The molecule has 56 valence electrons. The zero-order valence-electron chi connectivity index (χ0n) is 6.22. The van der Waals surface area contributed by atoms with Gasteiger partial charge in [-0.05, 0) is 0 Å². The van der Waals surface area contributed by atoms with E-state index in [1.807, 2.05) is 0 Å². The summed E-state index contributed by atoms with van der Waals surface area (Å²) in [6.07, 6.45) is 0. The first-order valence-corrected chi connectivity index (χ1v) is 8.45. The maximum absolute atomic E-state index is 10.9. The van der Waals surface area contributed by atoms with Gasteiger partial charge < -0.3 is 13.7 Å². The van der Waals surface area contributed by atoms with Gasteiger partial charge in [0.2, 0.25) is 0 Å². The Morgan fingerprint density at radius 2 is 1.11 bits per heavy atom. The maximum atomic E-state index is 10.9. The quantitative estimate of drug-likeness (QED) is 0.498. The van der Waals surface area contributed by atoms with Crippen LogP contribution in [0.15, 0.2) is 0 Å². The molecule has 0 amide bonds. The van der Waals surface area contributed by atoms with Crippen LogP contribution in [0.1, 0.15) is 0 Å². The average Bonchev–Trinajstić information content (AvgIpc) is 1.14. The second kappa shape index (κ2) is 2.51. The fourth-order valence-corrected chi connectivity index (χ4v) is 5.33. The highest BCUT2D eigenvalue weighted by Crippen LogP contribution is 2.01. The van der Waals surface area contributed by atoms with Gasteiger partial charge in [0, 0.05) is 0 Å². The van der Waals surface area contributed by atoms with Crippen LogP contribution in [0.3, 0.4) is 0 Å². The molecule has 0 unspecified atom stereocenters. The summed E-state index contributed by atoms with van der Waals surface area (Å²) in [7, 11) is -5.59. The van der Waals surface area contributed by atoms with Gasteiger partial charge in [-0.2, -0.15) is 0 Å². The molecule has 3 nitrogen and oxygen atoms in total. The van der Waals surface area contributed by atoms with Gasteiger partial charge in [0.15, 0.2) is 0 Å². The van der Waals surface area contributed by atoms with Crippen LogP contribution in [0.4, 0.5) is 0 Å². The smallest absolute Gasteiger partial charge is 0.0750 e. The fourth-order valence-electron chi connectivity index (χ4n) is 0.592. The molecule has 0 aliphatic carbocycles. The second-order valence-electron chi connectivity index (χ2n) is 2.90. The van der Waals surface area contributed by atoms with Gasteiger partial charge in [-0.3, -0.25) is 0 Å². The summed E-state index contributed by atoms with van der Waals surface area (Å²) in [4.78, 5) is 21.7. The van der Waals surface area contributed by atoms with E-state index in [0.29, 0.717) is 0 Å². The van der Waals surface area contributed by atoms with Gasteiger partial charge in [-0.25, -0.2) is 0 Å². The highest BCUT2D eigenvalue weighted by atomic mass is 28.5. The minimum Gasteiger partial charge on any atom is -0.839 e. The van der Waals surface area contributed by atoms with E-state index in [-0.39, 0.29) is 0 Å². The van der Waals surface area contributed by atoms with Crippen LogP contribution >= 0.6 is 0 Å². The molecule has 9 heavy (non-hydrogen) atoms. The first-order chi connectivity index (χ1) is 3.71. The third-order valence-corrected chi connectivity index (χ3v) is 4.42. The lowest BCUT2D eigenvalue weighted by molar-refractivity contribution is -0.258.